The molecule has 0 unspecified atom stereocenters. The molecule has 1 heterocycles. The lowest BCUT2D eigenvalue weighted by Gasteiger charge is -2.37. The Labute approximate surface area is 183 Å². The summed E-state index contributed by atoms with van der Waals surface area (Å²) in [6.07, 6.45) is 0. The molecule has 0 saturated heterocycles. The minimum absolute atomic E-state index is 0.0571. The molecule has 0 fully saturated rings. The van der Waals surface area contributed by atoms with Crippen molar-refractivity contribution >= 4 is 43.3 Å². The van der Waals surface area contributed by atoms with Crippen LogP contribution in [0.4, 0.5) is 16.0 Å². The summed E-state index contributed by atoms with van der Waals surface area (Å²) in [6, 6.07) is 6.68. The van der Waals surface area contributed by atoms with E-state index in [1.165, 1.54) is 17.8 Å². The summed E-state index contributed by atoms with van der Waals surface area (Å²) < 4.78 is 20.3. The summed E-state index contributed by atoms with van der Waals surface area (Å²) >= 11 is 7.15. The molecular weight excluding hydrogens is 427 g/mol. The molecule has 0 saturated carbocycles. The van der Waals surface area contributed by atoms with Gasteiger partial charge in [0.05, 0.1) is 11.6 Å². The molecule has 1 atom stereocenters. The predicted octanol–water partition coefficient (Wildman–Crippen LogP) is 5.97. The van der Waals surface area contributed by atoms with Crippen LogP contribution in [0.15, 0.2) is 29.4 Å². The smallest absolute Gasteiger partial charge is 0.192 e. The zero-order chi connectivity index (χ0) is 21.8. The first kappa shape index (κ1) is 23.9. The van der Waals surface area contributed by atoms with Crippen molar-refractivity contribution in [3.05, 3.63) is 40.7 Å². The lowest BCUT2D eigenvalue weighted by Crippen LogP contribution is -2.43. The first-order valence-corrected chi connectivity index (χ1v) is 13.8. The van der Waals surface area contributed by atoms with Gasteiger partial charge in [-0.1, -0.05) is 56.3 Å². The number of nitrogens with one attached hydrogen (secondary N) is 1. The number of aromatic nitrogens is 2. The average Bonchev–Trinajstić information content (AvgIpc) is 2.60. The van der Waals surface area contributed by atoms with Gasteiger partial charge in [-0.2, -0.15) is 0 Å². The highest BCUT2D eigenvalue weighted by Gasteiger charge is 2.37. The van der Waals surface area contributed by atoms with E-state index in [0.717, 1.165) is 0 Å². The molecular formula is C20H30ClFN4OSSi. The lowest BCUT2D eigenvalue weighted by molar-refractivity contribution is 0.276. The number of nitrogen functional groups attached to an aromatic ring is 1. The largest absolute Gasteiger partial charge is 0.415 e. The van der Waals surface area contributed by atoms with Crippen LogP contribution in [0, 0.1) is 5.82 Å². The Kier molecular flexibility index (Phi) is 7.95. The van der Waals surface area contributed by atoms with Crippen LogP contribution in [0.2, 0.25) is 23.2 Å². The molecule has 3 N–H and O–H groups in total. The molecule has 0 spiro atoms. The fourth-order valence-corrected chi connectivity index (χ4v) is 4.36. The molecule has 2 aromatic rings. The van der Waals surface area contributed by atoms with E-state index in [2.05, 4.69) is 49.1 Å². The van der Waals surface area contributed by atoms with Crippen LogP contribution in [-0.4, -0.2) is 30.9 Å². The molecule has 0 amide bonds. The molecule has 160 valence electrons. The second kappa shape index (κ2) is 9.64. The summed E-state index contributed by atoms with van der Waals surface area (Å²) in [7, 11) is -1.81. The minimum atomic E-state index is -1.81. The van der Waals surface area contributed by atoms with E-state index >= 15 is 0 Å². The van der Waals surface area contributed by atoms with E-state index in [4.69, 9.17) is 21.8 Å². The number of halogens is 2. The van der Waals surface area contributed by atoms with Crippen molar-refractivity contribution in [2.45, 2.75) is 62.8 Å². The van der Waals surface area contributed by atoms with Crippen LogP contribution in [0.5, 0.6) is 0 Å². The SMILES string of the molecule is C[C@H](CO[Si](C)(C)C(C)(C)C)Nc1cc(N)nc(SCc2cccc(Cl)c2F)n1. The van der Waals surface area contributed by atoms with E-state index in [9.17, 15) is 4.39 Å². The van der Waals surface area contributed by atoms with E-state index in [-0.39, 0.29) is 16.1 Å². The molecule has 29 heavy (non-hydrogen) atoms. The number of benzene rings is 1. The normalized spacial score (nSPS) is 13.4. The van der Waals surface area contributed by atoms with Gasteiger partial charge in [0.25, 0.3) is 0 Å². The van der Waals surface area contributed by atoms with Gasteiger partial charge in [0.1, 0.15) is 17.5 Å². The van der Waals surface area contributed by atoms with Gasteiger partial charge in [-0.05, 0) is 36.7 Å². The number of hydrogen-bond acceptors (Lipinski definition) is 6. The first-order chi connectivity index (χ1) is 13.4. The van der Waals surface area contributed by atoms with E-state index in [1.807, 2.05) is 6.92 Å². The number of hydrogen-bond donors (Lipinski definition) is 2. The zero-order valence-electron chi connectivity index (χ0n) is 17.8. The maximum atomic E-state index is 14.1. The fraction of sp³-hybridized carbons (Fsp3) is 0.500. The summed E-state index contributed by atoms with van der Waals surface area (Å²) in [5, 5.41) is 4.06. The molecule has 2 rings (SSSR count). The summed E-state index contributed by atoms with van der Waals surface area (Å²) in [6.45, 7) is 13.7. The summed E-state index contributed by atoms with van der Waals surface area (Å²) in [5.41, 5.74) is 6.43. The average molecular weight is 457 g/mol. The third kappa shape index (κ3) is 6.84. The van der Waals surface area contributed by atoms with Gasteiger partial charge in [-0.25, -0.2) is 14.4 Å². The van der Waals surface area contributed by atoms with Gasteiger partial charge < -0.3 is 15.5 Å². The molecule has 0 aliphatic heterocycles. The van der Waals surface area contributed by atoms with Gasteiger partial charge in [0.15, 0.2) is 13.5 Å². The Hall–Kier alpha value is -1.35. The highest BCUT2D eigenvalue weighted by molar-refractivity contribution is 7.98. The van der Waals surface area contributed by atoms with Crippen molar-refractivity contribution in [2.24, 2.45) is 0 Å². The van der Waals surface area contributed by atoms with Crippen molar-refractivity contribution in [3.63, 3.8) is 0 Å². The quantitative estimate of drug-likeness (QED) is 0.290. The second-order valence-electron chi connectivity index (χ2n) is 8.58. The third-order valence-electron chi connectivity index (χ3n) is 5.01. The van der Waals surface area contributed by atoms with Crippen molar-refractivity contribution in [3.8, 4) is 0 Å². The van der Waals surface area contributed by atoms with Gasteiger partial charge in [0, 0.05) is 17.9 Å². The molecule has 0 aliphatic carbocycles. The number of nitrogens with two attached hydrogens (primary N) is 1. The number of anilines is 2. The zero-order valence-corrected chi connectivity index (χ0v) is 20.4. The van der Waals surface area contributed by atoms with Crippen LogP contribution in [-0.2, 0) is 10.2 Å². The maximum absolute atomic E-state index is 14.1. The minimum Gasteiger partial charge on any atom is -0.415 e. The molecule has 9 heteroatoms. The lowest BCUT2D eigenvalue weighted by atomic mass is 10.2. The maximum Gasteiger partial charge on any atom is 0.192 e. The number of rotatable bonds is 8. The van der Waals surface area contributed by atoms with Gasteiger partial charge in [-0.3, -0.25) is 0 Å². The Morgan fingerprint density at radius 2 is 2.00 bits per heavy atom. The van der Waals surface area contributed by atoms with Crippen LogP contribution in [0.1, 0.15) is 33.3 Å². The molecule has 1 aromatic carbocycles. The van der Waals surface area contributed by atoms with E-state index in [1.54, 1.807) is 18.2 Å². The van der Waals surface area contributed by atoms with Crippen LogP contribution in [0.3, 0.4) is 0 Å². The Balaban J connectivity index is 2.00. The molecule has 0 radical (unpaired) electrons. The Bertz CT molecular complexity index is 848. The molecule has 0 bridgehead atoms. The van der Waals surface area contributed by atoms with Crippen molar-refractivity contribution < 1.29 is 8.82 Å². The number of nitrogens with zero attached hydrogens (tertiary/aromatic N) is 2. The molecule has 5 nitrogen and oxygen atoms in total. The monoisotopic (exact) mass is 456 g/mol. The van der Waals surface area contributed by atoms with Crippen LogP contribution in [0.25, 0.3) is 0 Å². The second-order valence-corrected chi connectivity index (χ2v) is 14.7. The number of thioether (sulfide) groups is 1. The predicted molar refractivity (Wildman–Crippen MR) is 124 cm³/mol. The van der Waals surface area contributed by atoms with Gasteiger partial charge in [0.2, 0.25) is 0 Å². The Morgan fingerprint density at radius 1 is 1.31 bits per heavy atom. The van der Waals surface area contributed by atoms with Crippen molar-refractivity contribution in [1.82, 2.24) is 9.97 Å². The summed E-state index contributed by atoms with van der Waals surface area (Å²) in [5.74, 6) is 0.923. The van der Waals surface area contributed by atoms with Gasteiger partial charge in [-0.15, -0.1) is 0 Å². The van der Waals surface area contributed by atoms with Gasteiger partial charge >= 0.3 is 0 Å². The molecule has 0 aliphatic rings. The third-order valence-corrected chi connectivity index (χ3v) is 10.7. The van der Waals surface area contributed by atoms with Crippen LogP contribution < -0.4 is 11.1 Å². The Morgan fingerprint density at radius 3 is 2.66 bits per heavy atom. The van der Waals surface area contributed by atoms with Crippen molar-refractivity contribution in [2.75, 3.05) is 17.7 Å². The standard InChI is InChI=1S/C20H30ClFN4OSSi/c1-13(11-27-29(5,6)20(2,3)4)24-17-10-16(23)25-19(26-17)28-12-14-8-7-9-15(21)18(14)22/h7-10,13H,11-12H2,1-6H3,(H3,23,24,25,26)/t13-/m1/s1. The summed E-state index contributed by atoms with van der Waals surface area (Å²) in [4.78, 5) is 8.73. The first-order valence-electron chi connectivity index (χ1n) is 9.50. The topological polar surface area (TPSA) is 73.1 Å². The highest BCUT2D eigenvalue weighted by Crippen LogP contribution is 2.36. The fourth-order valence-electron chi connectivity index (χ4n) is 2.23. The van der Waals surface area contributed by atoms with Crippen molar-refractivity contribution in [1.29, 1.82) is 0 Å². The highest BCUT2D eigenvalue weighted by atomic mass is 35.5. The molecule has 1 aromatic heterocycles. The van der Waals surface area contributed by atoms with Crippen LogP contribution >= 0.6 is 23.4 Å². The van der Waals surface area contributed by atoms with E-state index in [0.29, 0.717) is 34.7 Å². The van der Waals surface area contributed by atoms with E-state index < -0.39 is 14.1 Å².